The molecule has 0 saturated heterocycles. The molecule has 1 aliphatic rings. The minimum absolute atomic E-state index is 0.170. The first-order chi connectivity index (χ1) is 10.6. The van der Waals surface area contributed by atoms with Crippen LogP contribution in [0.4, 0.5) is 0 Å². The van der Waals surface area contributed by atoms with Gasteiger partial charge in [-0.05, 0) is 24.1 Å². The maximum Gasteiger partial charge on any atom is 0.152 e. The Morgan fingerprint density at radius 2 is 1.91 bits per heavy atom. The number of fused-ring (bicyclic) bond motifs is 1. The molecule has 0 saturated carbocycles. The minimum atomic E-state index is -2.95. The quantitative estimate of drug-likeness (QED) is 0.841. The van der Waals surface area contributed by atoms with Gasteiger partial charge in [0.15, 0.2) is 9.84 Å². The van der Waals surface area contributed by atoms with E-state index in [9.17, 15) is 8.42 Å². The summed E-state index contributed by atoms with van der Waals surface area (Å²) < 4.78 is 30.5. The summed E-state index contributed by atoms with van der Waals surface area (Å²) in [6.45, 7) is 0.461. The lowest BCUT2D eigenvalue weighted by atomic mass is 10.1. The molecule has 0 amide bonds. The molecule has 1 aromatic heterocycles. The van der Waals surface area contributed by atoms with Gasteiger partial charge >= 0.3 is 0 Å². The summed E-state index contributed by atoms with van der Waals surface area (Å²) in [4.78, 5) is 0. The number of sulfone groups is 1. The Bertz CT molecular complexity index is 751. The van der Waals surface area contributed by atoms with Gasteiger partial charge in [0.2, 0.25) is 0 Å². The molecule has 1 aliphatic heterocycles. The SMILES string of the molecule is COc1ccc(CCc2nnc3n2CCS(=O)(=O)CC3)cc1. The molecule has 7 heteroatoms. The molecule has 0 bridgehead atoms. The molecule has 2 heterocycles. The highest BCUT2D eigenvalue weighted by Crippen LogP contribution is 2.15. The van der Waals surface area contributed by atoms with Crippen molar-refractivity contribution in [1.82, 2.24) is 14.8 Å². The van der Waals surface area contributed by atoms with Gasteiger partial charge < -0.3 is 9.30 Å². The van der Waals surface area contributed by atoms with Crippen LogP contribution in [0, 0.1) is 0 Å². The normalized spacial score (nSPS) is 16.8. The van der Waals surface area contributed by atoms with Gasteiger partial charge in [0, 0.05) is 19.4 Å². The Kier molecular flexibility index (Phi) is 4.15. The van der Waals surface area contributed by atoms with Gasteiger partial charge in [-0.2, -0.15) is 0 Å². The molecule has 3 rings (SSSR count). The topological polar surface area (TPSA) is 74.1 Å². The fourth-order valence-electron chi connectivity index (χ4n) is 2.63. The third kappa shape index (κ3) is 3.30. The van der Waals surface area contributed by atoms with E-state index in [1.54, 1.807) is 7.11 Å². The second kappa shape index (κ2) is 6.08. The Balaban J connectivity index is 1.70. The summed E-state index contributed by atoms with van der Waals surface area (Å²) >= 11 is 0. The van der Waals surface area contributed by atoms with Crippen molar-refractivity contribution in [3.05, 3.63) is 41.5 Å². The van der Waals surface area contributed by atoms with E-state index in [0.29, 0.717) is 13.0 Å². The van der Waals surface area contributed by atoms with Gasteiger partial charge in [-0.25, -0.2) is 8.42 Å². The molecule has 0 aliphatic carbocycles. The smallest absolute Gasteiger partial charge is 0.152 e. The first-order valence-corrected chi connectivity index (χ1v) is 9.14. The van der Waals surface area contributed by atoms with Crippen molar-refractivity contribution in [1.29, 1.82) is 0 Å². The number of hydrogen-bond acceptors (Lipinski definition) is 5. The number of aryl methyl sites for hydroxylation is 3. The third-order valence-corrected chi connectivity index (χ3v) is 5.59. The number of ether oxygens (including phenoxy) is 1. The van der Waals surface area contributed by atoms with Gasteiger partial charge in [0.25, 0.3) is 0 Å². The highest BCUT2D eigenvalue weighted by atomic mass is 32.2. The summed E-state index contributed by atoms with van der Waals surface area (Å²) in [5.41, 5.74) is 1.19. The first-order valence-electron chi connectivity index (χ1n) is 7.32. The van der Waals surface area contributed by atoms with Crippen molar-refractivity contribution in [2.24, 2.45) is 0 Å². The van der Waals surface area contributed by atoms with Gasteiger partial charge in [0.1, 0.15) is 17.4 Å². The summed E-state index contributed by atoms with van der Waals surface area (Å²) in [7, 11) is -1.30. The lowest BCUT2D eigenvalue weighted by molar-refractivity contribution is 0.414. The van der Waals surface area contributed by atoms with E-state index in [0.717, 1.165) is 30.2 Å². The van der Waals surface area contributed by atoms with Gasteiger partial charge in [-0.3, -0.25) is 0 Å². The van der Waals surface area contributed by atoms with Gasteiger partial charge in [0.05, 0.1) is 18.6 Å². The van der Waals surface area contributed by atoms with Crippen LogP contribution in [0.1, 0.15) is 17.2 Å². The van der Waals surface area contributed by atoms with Gasteiger partial charge in [-0.1, -0.05) is 12.1 Å². The standard InChI is InChI=1S/C15H19N3O3S/c1-21-13-5-2-12(3-6-13)4-7-14-16-17-15-8-10-22(19,20)11-9-18(14)15/h2-3,5-6H,4,7-11H2,1H3. The predicted octanol–water partition coefficient (Wildman–Crippen LogP) is 1.04. The Hall–Kier alpha value is -1.89. The second-order valence-corrected chi connectivity index (χ2v) is 7.74. The average Bonchev–Trinajstić information content (AvgIpc) is 2.84. The Morgan fingerprint density at radius 1 is 1.14 bits per heavy atom. The van der Waals surface area contributed by atoms with Crippen LogP contribution in [0.25, 0.3) is 0 Å². The van der Waals surface area contributed by atoms with Crippen molar-refractivity contribution in [3.8, 4) is 5.75 Å². The van der Waals surface area contributed by atoms with E-state index in [1.165, 1.54) is 5.56 Å². The molecule has 118 valence electrons. The summed E-state index contributed by atoms with van der Waals surface area (Å²) in [5, 5.41) is 8.38. The maximum absolute atomic E-state index is 11.7. The monoisotopic (exact) mass is 321 g/mol. The number of nitrogens with zero attached hydrogens (tertiary/aromatic N) is 3. The summed E-state index contributed by atoms with van der Waals surface area (Å²) in [6.07, 6.45) is 2.05. The lowest BCUT2D eigenvalue weighted by Gasteiger charge is -2.07. The Labute approximate surface area is 130 Å². The molecular formula is C15H19N3O3S. The summed E-state index contributed by atoms with van der Waals surface area (Å²) in [5.74, 6) is 2.83. The van der Waals surface area contributed by atoms with E-state index in [1.807, 2.05) is 28.8 Å². The maximum atomic E-state index is 11.7. The van der Waals surface area contributed by atoms with Crippen LogP contribution >= 0.6 is 0 Å². The molecule has 6 nitrogen and oxygen atoms in total. The number of rotatable bonds is 4. The average molecular weight is 321 g/mol. The molecule has 0 unspecified atom stereocenters. The summed E-state index contributed by atoms with van der Waals surface area (Å²) in [6, 6.07) is 7.93. The molecule has 1 aromatic carbocycles. The zero-order chi connectivity index (χ0) is 15.6. The molecule has 0 spiro atoms. The molecular weight excluding hydrogens is 302 g/mol. The largest absolute Gasteiger partial charge is 0.497 e. The zero-order valence-electron chi connectivity index (χ0n) is 12.5. The molecule has 0 radical (unpaired) electrons. The fraction of sp³-hybridized carbons (Fsp3) is 0.467. The number of aromatic nitrogens is 3. The molecule has 0 atom stereocenters. The second-order valence-electron chi connectivity index (χ2n) is 5.43. The fourth-order valence-corrected chi connectivity index (χ4v) is 3.79. The zero-order valence-corrected chi connectivity index (χ0v) is 13.3. The van der Waals surface area contributed by atoms with Crippen molar-refractivity contribution in [3.63, 3.8) is 0 Å². The van der Waals surface area contributed by atoms with E-state index in [4.69, 9.17) is 4.74 Å². The highest BCUT2D eigenvalue weighted by Gasteiger charge is 2.21. The van der Waals surface area contributed by atoms with Crippen LogP contribution < -0.4 is 4.74 Å². The molecule has 0 N–H and O–H groups in total. The van der Waals surface area contributed by atoms with Gasteiger partial charge in [-0.15, -0.1) is 10.2 Å². The van der Waals surface area contributed by atoms with Crippen LogP contribution in [-0.4, -0.2) is 41.8 Å². The van der Waals surface area contributed by atoms with Crippen LogP contribution in [-0.2, 0) is 35.6 Å². The minimum Gasteiger partial charge on any atom is -0.497 e. The van der Waals surface area contributed by atoms with E-state index < -0.39 is 9.84 Å². The van der Waals surface area contributed by atoms with E-state index in [2.05, 4.69) is 10.2 Å². The van der Waals surface area contributed by atoms with Crippen molar-refractivity contribution in [2.75, 3.05) is 18.6 Å². The van der Waals surface area contributed by atoms with Crippen LogP contribution in [0.15, 0.2) is 24.3 Å². The van der Waals surface area contributed by atoms with E-state index >= 15 is 0 Å². The van der Waals surface area contributed by atoms with Crippen molar-refractivity contribution < 1.29 is 13.2 Å². The van der Waals surface area contributed by atoms with Crippen LogP contribution in [0.3, 0.4) is 0 Å². The lowest BCUT2D eigenvalue weighted by Crippen LogP contribution is -2.13. The Morgan fingerprint density at radius 3 is 2.64 bits per heavy atom. The van der Waals surface area contributed by atoms with Crippen molar-refractivity contribution in [2.45, 2.75) is 25.8 Å². The first kappa shape index (κ1) is 15.0. The van der Waals surface area contributed by atoms with Crippen LogP contribution in [0.2, 0.25) is 0 Å². The number of benzene rings is 1. The van der Waals surface area contributed by atoms with E-state index in [-0.39, 0.29) is 11.5 Å². The number of methoxy groups -OCH3 is 1. The molecule has 2 aromatic rings. The predicted molar refractivity (Wildman–Crippen MR) is 82.8 cm³/mol. The molecule has 0 fully saturated rings. The van der Waals surface area contributed by atoms with Crippen molar-refractivity contribution >= 4 is 9.84 Å². The number of hydrogen-bond donors (Lipinski definition) is 0. The molecule has 22 heavy (non-hydrogen) atoms. The van der Waals surface area contributed by atoms with Crippen LogP contribution in [0.5, 0.6) is 5.75 Å². The highest BCUT2D eigenvalue weighted by molar-refractivity contribution is 7.91. The third-order valence-electron chi connectivity index (χ3n) is 3.96.